The van der Waals surface area contributed by atoms with Crippen LogP contribution in [0.4, 0.5) is 5.82 Å². The Labute approximate surface area is 217 Å². The van der Waals surface area contributed by atoms with Gasteiger partial charge in [-0.3, -0.25) is 4.79 Å². The third-order valence-corrected chi connectivity index (χ3v) is 6.46. The standard InChI is InChI=1S/C28H34N4O5/c1-19(2)21-8-6-7-9-23(21)37-18-27(33)32-14-12-31(13-15-32)26-11-10-22(29-30-26)20-16-24(34-3)28(36-5)25(17-20)35-4/h6-11,16-17,19H,12-15,18H2,1-5H3. The summed E-state index contributed by atoms with van der Waals surface area (Å²) >= 11 is 0. The van der Waals surface area contributed by atoms with Gasteiger partial charge < -0.3 is 28.7 Å². The number of anilines is 1. The molecule has 196 valence electrons. The molecule has 0 unspecified atom stereocenters. The largest absolute Gasteiger partial charge is 0.493 e. The molecule has 0 N–H and O–H groups in total. The number of methoxy groups -OCH3 is 3. The van der Waals surface area contributed by atoms with Crippen LogP contribution in [0.25, 0.3) is 11.3 Å². The van der Waals surface area contributed by atoms with Crippen molar-refractivity contribution in [3.8, 4) is 34.3 Å². The maximum Gasteiger partial charge on any atom is 0.260 e. The van der Waals surface area contributed by atoms with E-state index >= 15 is 0 Å². The molecule has 1 fully saturated rings. The summed E-state index contributed by atoms with van der Waals surface area (Å²) in [6, 6.07) is 15.4. The number of amides is 1. The molecular weight excluding hydrogens is 472 g/mol. The zero-order valence-corrected chi connectivity index (χ0v) is 22.1. The number of piperazine rings is 1. The normalized spacial score (nSPS) is 13.5. The molecule has 1 saturated heterocycles. The Morgan fingerprint density at radius 1 is 0.865 bits per heavy atom. The van der Waals surface area contributed by atoms with Gasteiger partial charge in [0.1, 0.15) is 5.75 Å². The van der Waals surface area contributed by atoms with Crippen molar-refractivity contribution < 1.29 is 23.7 Å². The number of hydrogen-bond donors (Lipinski definition) is 0. The highest BCUT2D eigenvalue weighted by Crippen LogP contribution is 2.40. The molecule has 1 aliphatic rings. The fourth-order valence-electron chi connectivity index (χ4n) is 4.38. The highest BCUT2D eigenvalue weighted by Gasteiger charge is 2.23. The van der Waals surface area contributed by atoms with E-state index in [2.05, 4.69) is 28.9 Å². The molecule has 0 aliphatic carbocycles. The van der Waals surface area contributed by atoms with Crippen LogP contribution in [0, 0.1) is 0 Å². The van der Waals surface area contributed by atoms with E-state index in [4.69, 9.17) is 18.9 Å². The number of para-hydroxylation sites is 1. The van der Waals surface area contributed by atoms with Gasteiger partial charge in [0.25, 0.3) is 5.91 Å². The van der Waals surface area contributed by atoms with Gasteiger partial charge in [0.15, 0.2) is 23.9 Å². The van der Waals surface area contributed by atoms with Crippen molar-refractivity contribution in [2.24, 2.45) is 0 Å². The van der Waals surface area contributed by atoms with Gasteiger partial charge in [0.05, 0.1) is 27.0 Å². The van der Waals surface area contributed by atoms with Crippen molar-refractivity contribution in [2.75, 3.05) is 59.0 Å². The molecule has 0 radical (unpaired) electrons. The van der Waals surface area contributed by atoms with Gasteiger partial charge in [0, 0.05) is 31.7 Å². The van der Waals surface area contributed by atoms with Gasteiger partial charge in [-0.15, -0.1) is 10.2 Å². The highest BCUT2D eigenvalue weighted by atomic mass is 16.5. The Hall–Kier alpha value is -4.01. The quantitative estimate of drug-likeness (QED) is 0.430. The van der Waals surface area contributed by atoms with E-state index in [0.717, 1.165) is 22.7 Å². The molecule has 1 aliphatic heterocycles. The number of benzene rings is 2. The van der Waals surface area contributed by atoms with Crippen LogP contribution in [0.3, 0.4) is 0 Å². The maximum absolute atomic E-state index is 12.8. The minimum Gasteiger partial charge on any atom is -0.493 e. The molecule has 0 bridgehead atoms. The second-order valence-electron chi connectivity index (χ2n) is 9.04. The Kier molecular flexibility index (Phi) is 8.32. The van der Waals surface area contributed by atoms with E-state index in [1.165, 1.54) is 0 Å². The number of hydrogen-bond acceptors (Lipinski definition) is 8. The zero-order valence-electron chi connectivity index (χ0n) is 22.1. The van der Waals surface area contributed by atoms with Crippen LogP contribution in [0.1, 0.15) is 25.3 Å². The molecule has 9 heteroatoms. The molecule has 0 atom stereocenters. The number of nitrogens with zero attached hydrogens (tertiary/aromatic N) is 4. The maximum atomic E-state index is 12.8. The predicted molar refractivity (Wildman–Crippen MR) is 142 cm³/mol. The van der Waals surface area contributed by atoms with Crippen LogP contribution in [0.15, 0.2) is 48.5 Å². The molecule has 3 aromatic rings. The van der Waals surface area contributed by atoms with Gasteiger partial charge in [-0.2, -0.15) is 0 Å². The molecule has 4 rings (SSSR count). The van der Waals surface area contributed by atoms with Crippen molar-refractivity contribution in [1.82, 2.24) is 15.1 Å². The first kappa shape index (κ1) is 26.1. The minimum absolute atomic E-state index is 0.0120. The number of rotatable bonds is 9. The van der Waals surface area contributed by atoms with Crippen LogP contribution in [0.2, 0.25) is 0 Å². The van der Waals surface area contributed by atoms with Crippen molar-refractivity contribution in [3.63, 3.8) is 0 Å². The van der Waals surface area contributed by atoms with E-state index in [9.17, 15) is 4.79 Å². The average molecular weight is 507 g/mol. The number of carbonyl (C=O) groups excluding carboxylic acids is 1. The SMILES string of the molecule is COc1cc(-c2ccc(N3CCN(C(=O)COc4ccccc4C(C)C)CC3)nn2)cc(OC)c1OC. The number of ether oxygens (including phenoxy) is 4. The van der Waals surface area contributed by atoms with Crippen LogP contribution in [-0.4, -0.2) is 75.1 Å². The highest BCUT2D eigenvalue weighted by molar-refractivity contribution is 5.78. The molecule has 2 aromatic carbocycles. The van der Waals surface area contributed by atoms with E-state index < -0.39 is 0 Å². The van der Waals surface area contributed by atoms with Crippen LogP contribution in [-0.2, 0) is 4.79 Å². The van der Waals surface area contributed by atoms with Gasteiger partial charge in [-0.25, -0.2) is 0 Å². The topological polar surface area (TPSA) is 86.3 Å². The predicted octanol–water partition coefficient (Wildman–Crippen LogP) is 4.02. The lowest BCUT2D eigenvalue weighted by Gasteiger charge is -2.35. The first-order chi connectivity index (χ1) is 17.9. The van der Waals surface area contributed by atoms with Crippen LogP contribution < -0.4 is 23.8 Å². The summed E-state index contributed by atoms with van der Waals surface area (Å²) < 4.78 is 22.2. The fraction of sp³-hybridized carbons (Fsp3) is 0.393. The van der Waals surface area contributed by atoms with Crippen molar-refractivity contribution in [1.29, 1.82) is 0 Å². The third kappa shape index (κ3) is 5.87. The van der Waals surface area contributed by atoms with Crippen molar-refractivity contribution in [3.05, 3.63) is 54.1 Å². The molecular formula is C28H34N4O5. The number of carbonyl (C=O) groups is 1. The smallest absolute Gasteiger partial charge is 0.260 e. The Morgan fingerprint density at radius 3 is 2.11 bits per heavy atom. The number of aromatic nitrogens is 2. The van der Waals surface area contributed by atoms with E-state index in [1.54, 1.807) is 21.3 Å². The second-order valence-corrected chi connectivity index (χ2v) is 9.04. The molecule has 9 nitrogen and oxygen atoms in total. The Morgan fingerprint density at radius 2 is 1.54 bits per heavy atom. The van der Waals surface area contributed by atoms with Gasteiger partial charge in [0.2, 0.25) is 5.75 Å². The van der Waals surface area contributed by atoms with E-state index in [-0.39, 0.29) is 12.5 Å². The van der Waals surface area contributed by atoms with Crippen LogP contribution in [0.5, 0.6) is 23.0 Å². The zero-order chi connectivity index (χ0) is 26.4. The lowest BCUT2D eigenvalue weighted by atomic mass is 10.0. The first-order valence-corrected chi connectivity index (χ1v) is 12.3. The van der Waals surface area contributed by atoms with Gasteiger partial charge >= 0.3 is 0 Å². The Balaban J connectivity index is 1.35. The second kappa shape index (κ2) is 11.8. The summed E-state index contributed by atoms with van der Waals surface area (Å²) in [6.45, 7) is 6.81. The molecule has 2 heterocycles. The molecule has 1 amide bonds. The third-order valence-electron chi connectivity index (χ3n) is 6.46. The van der Waals surface area contributed by atoms with Gasteiger partial charge in [-0.05, 0) is 41.8 Å². The summed E-state index contributed by atoms with van der Waals surface area (Å²) in [5, 5.41) is 8.87. The lowest BCUT2D eigenvalue weighted by molar-refractivity contribution is -0.133. The molecule has 0 spiro atoms. The summed E-state index contributed by atoms with van der Waals surface area (Å²) in [7, 11) is 4.73. The summed E-state index contributed by atoms with van der Waals surface area (Å²) in [5.41, 5.74) is 2.60. The Bertz CT molecular complexity index is 1180. The van der Waals surface area contributed by atoms with E-state index in [1.807, 2.05) is 53.4 Å². The first-order valence-electron chi connectivity index (χ1n) is 12.3. The summed E-state index contributed by atoms with van der Waals surface area (Å²) in [5.74, 6) is 3.50. The van der Waals surface area contributed by atoms with Crippen molar-refractivity contribution in [2.45, 2.75) is 19.8 Å². The molecule has 1 aromatic heterocycles. The lowest BCUT2D eigenvalue weighted by Crippen LogP contribution is -2.50. The molecule has 0 saturated carbocycles. The summed E-state index contributed by atoms with van der Waals surface area (Å²) in [4.78, 5) is 16.7. The molecule has 37 heavy (non-hydrogen) atoms. The minimum atomic E-state index is -0.0120. The van der Waals surface area contributed by atoms with E-state index in [0.29, 0.717) is 55.0 Å². The summed E-state index contributed by atoms with van der Waals surface area (Å²) in [6.07, 6.45) is 0. The fourth-order valence-corrected chi connectivity index (χ4v) is 4.38. The van der Waals surface area contributed by atoms with Crippen molar-refractivity contribution >= 4 is 11.7 Å². The van der Waals surface area contributed by atoms with Crippen LogP contribution >= 0.6 is 0 Å². The van der Waals surface area contributed by atoms with Gasteiger partial charge in [-0.1, -0.05) is 32.0 Å². The average Bonchev–Trinajstić information content (AvgIpc) is 2.95. The monoisotopic (exact) mass is 506 g/mol.